The van der Waals surface area contributed by atoms with Gasteiger partial charge in [0.05, 0.1) is 12.2 Å². The van der Waals surface area contributed by atoms with Crippen molar-refractivity contribution < 1.29 is 9.47 Å². The van der Waals surface area contributed by atoms with E-state index < -0.39 is 0 Å². The van der Waals surface area contributed by atoms with Crippen molar-refractivity contribution >= 4 is 28.8 Å². The van der Waals surface area contributed by atoms with Crippen LogP contribution in [0.25, 0.3) is 0 Å². The van der Waals surface area contributed by atoms with Crippen LogP contribution in [0.15, 0.2) is 48.5 Å². The summed E-state index contributed by atoms with van der Waals surface area (Å²) in [6.45, 7) is 4.01. The fraction of sp³-hybridized carbons (Fsp3) is 0.261. The van der Waals surface area contributed by atoms with E-state index in [0.717, 1.165) is 54.7 Å². The molecule has 2 aliphatic rings. The molecule has 5 rings (SSSR count). The molecule has 3 aromatic rings. The van der Waals surface area contributed by atoms with Gasteiger partial charge in [0.1, 0.15) is 17.6 Å². The summed E-state index contributed by atoms with van der Waals surface area (Å²) in [6, 6.07) is 17.7. The summed E-state index contributed by atoms with van der Waals surface area (Å²) in [5.41, 5.74) is 9.57. The van der Waals surface area contributed by atoms with Crippen LogP contribution >= 0.6 is 11.6 Å². The molecule has 1 saturated heterocycles. The van der Waals surface area contributed by atoms with Gasteiger partial charge in [-0.25, -0.2) is 0 Å². The minimum absolute atomic E-state index is 0.273. The predicted molar refractivity (Wildman–Crippen MR) is 121 cm³/mol. The highest BCUT2D eigenvalue weighted by Crippen LogP contribution is 2.36. The molecule has 2 aliphatic heterocycles. The van der Waals surface area contributed by atoms with Gasteiger partial charge >= 0.3 is 0 Å². The number of nitrogens with zero attached hydrogens (tertiary/aromatic N) is 4. The molecule has 0 radical (unpaired) electrons. The maximum Gasteiger partial charge on any atom is 0.231 e. The Labute approximate surface area is 185 Å². The summed E-state index contributed by atoms with van der Waals surface area (Å²) in [5, 5.41) is 10.3. The minimum atomic E-state index is 0.273. The number of benzene rings is 2. The topological polar surface area (TPSA) is 79.7 Å². The molecule has 2 aromatic carbocycles. The van der Waals surface area contributed by atoms with E-state index in [9.17, 15) is 5.26 Å². The average molecular weight is 436 g/mol. The summed E-state index contributed by atoms with van der Waals surface area (Å²) in [6.07, 6.45) is 0. The quantitative estimate of drug-likeness (QED) is 0.673. The van der Waals surface area contributed by atoms with Crippen molar-refractivity contribution in [3.05, 3.63) is 64.8 Å². The van der Waals surface area contributed by atoms with Gasteiger partial charge in [0.25, 0.3) is 0 Å². The van der Waals surface area contributed by atoms with E-state index in [0.29, 0.717) is 22.9 Å². The highest BCUT2D eigenvalue weighted by Gasteiger charge is 2.25. The molecule has 0 amide bonds. The zero-order chi connectivity index (χ0) is 21.4. The van der Waals surface area contributed by atoms with E-state index in [1.165, 1.54) is 0 Å². The van der Waals surface area contributed by atoms with E-state index in [1.807, 2.05) is 41.0 Å². The van der Waals surface area contributed by atoms with E-state index in [-0.39, 0.29) is 6.79 Å². The second-order valence-corrected chi connectivity index (χ2v) is 8.02. The lowest BCUT2D eigenvalue weighted by atomic mass is 10.2. The van der Waals surface area contributed by atoms with Crippen LogP contribution in [-0.2, 0) is 6.54 Å². The van der Waals surface area contributed by atoms with E-state index in [4.69, 9.17) is 26.8 Å². The Kier molecular flexibility index (Phi) is 5.00. The molecule has 7 nitrogen and oxygen atoms in total. The molecule has 0 aliphatic carbocycles. The summed E-state index contributed by atoms with van der Waals surface area (Å²) in [7, 11) is 0. The van der Waals surface area contributed by atoms with Gasteiger partial charge in [-0.3, -0.25) is 0 Å². The van der Waals surface area contributed by atoms with Gasteiger partial charge in [0.2, 0.25) is 6.79 Å². The molecule has 8 heteroatoms. The predicted octanol–water partition coefficient (Wildman–Crippen LogP) is 3.70. The molecule has 2 N–H and O–H groups in total. The summed E-state index contributed by atoms with van der Waals surface area (Å²) >= 11 is 6.37. The fourth-order valence-electron chi connectivity index (χ4n) is 4.22. The number of nitrogens with two attached hydrogens (primary N) is 1. The maximum absolute atomic E-state index is 9.66. The summed E-state index contributed by atoms with van der Waals surface area (Å²) < 4.78 is 12.9. The number of ether oxygens (including phenoxy) is 2. The highest BCUT2D eigenvalue weighted by atomic mass is 35.5. The molecule has 158 valence electrons. The van der Waals surface area contributed by atoms with Crippen LogP contribution < -0.4 is 25.0 Å². The molecule has 3 heterocycles. The van der Waals surface area contributed by atoms with Crippen LogP contribution in [0.3, 0.4) is 0 Å². The zero-order valence-electron chi connectivity index (χ0n) is 16.9. The molecule has 0 unspecified atom stereocenters. The van der Waals surface area contributed by atoms with Gasteiger partial charge < -0.3 is 29.6 Å². The first kappa shape index (κ1) is 19.5. The van der Waals surface area contributed by atoms with Gasteiger partial charge in [-0.1, -0.05) is 29.8 Å². The number of rotatable bonds is 4. The van der Waals surface area contributed by atoms with Crippen molar-refractivity contribution in [3.63, 3.8) is 0 Å². The molecule has 0 saturated carbocycles. The minimum Gasteiger partial charge on any atom is -0.454 e. The number of nitriles is 1. The Bertz CT molecular complexity index is 1160. The number of fused-ring (bicyclic) bond motifs is 1. The van der Waals surface area contributed by atoms with Gasteiger partial charge in [-0.05, 0) is 29.8 Å². The van der Waals surface area contributed by atoms with Crippen LogP contribution in [0, 0.1) is 11.3 Å². The van der Waals surface area contributed by atoms with Gasteiger partial charge in [0.15, 0.2) is 11.5 Å². The third-order valence-corrected chi connectivity index (χ3v) is 6.17. The lowest BCUT2D eigenvalue weighted by molar-refractivity contribution is 0.174. The Hall–Kier alpha value is -3.50. The van der Waals surface area contributed by atoms with Gasteiger partial charge in [-0.2, -0.15) is 5.26 Å². The summed E-state index contributed by atoms with van der Waals surface area (Å²) in [5.74, 6) is 2.45. The first-order valence-corrected chi connectivity index (χ1v) is 10.5. The van der Waals surface area contributed by atoms with Crippen molar-refractivity contribution in [3.8, 4) is 17.6 Å². The molecule has 0 spiro atoms. The van der Waals surface area contributed by atoms with E-state index in [2.05, 4.69) is 21.9 Å². The van der Waals surface area contributed by atoms with Crippen molar-refractivity contribution in [1.29, 1.82) is 5.26 Å². The maximum atomic E-state index is 9.66. The van der Waals surface area contributed by atoms with Crippen LogP contribution in [0.1, 0.15) is 11.3 Å². The average Bonchev–Trinajstić information content (AvgIpc) is 3.39. The molecular weight excluding hydrogens is 414 g/mol. The normalized spacial score (nSPS) is 15.2. The SMILES string of the molecule is N#Cc1cc(N)c(N2CCN(c3ccc4c(c3)OCO4)CC2)n1Cc1ccccc1Cl. The van der Waals surface area contributed by atoms with Crippen LogP contribution in [0.5, 0.6) is 11.5 Å². The summed E-state index contributed by atoms with van der Waals surface area (Å²) in [4.78, 5) is 4.57. The molecule has 31 heavy (non-hydrogen) atoms. The Balaban J connectivity index is 1.37. The third-order valence-electron chi connectivity index (χ3n) is 5.80. The lowest BCUT2D eigenvalue weighted by Gasteiger charge is -2.38. The number of hydrogen-bond donors (Lipinski definition) is 1. The molecule has 0 bridgehead atoms. The lowest BCUT2D eigenvalue weighted by Crippen LogP contribution is -2.47. The van der Waals surface area contributed by atoms with Crippen molar-refractivity contribution in [2.75, 3.05) is 48.5 Å². The number of piperazine rings is 1. The Morgan fingerprint density at radius 1 is 0.968 bits per heavy atom. The second kappa shape index (κ2) is 7.97. The third kappa shape index (κ3) is 3.60. The zero-order valence-corrected chi connectivity index (χ0v) is 17.7. The number of nitrogen functional groups attached to an aromatic ring is 1. The first-order chi connectivity index (χ1) is 15.1. The first-order valence-electron chi connectivity index (χ1n) is 10.2. The molecule has 0 atom stereocenters. The van der Waals surface area contributed by atoms with Crippen LogP contribution in [-0.4, -0.2) is 37.5 Å². The molecule has 1 aromatic heterocycles. The smallest absolute Gasteiger partial charge is 0.231 e. The number of aromatic nitrogens is 1. The highest BCUT2D eigenvalue weighted by molar-refractivity contribution is 6.31. The standard InChI is InChI=1S/C23H22ClN5O2/c24-19-4-2-1-3-16(19)14-29-18(13-25)11-20(26)23(29)28-9-7-27(8-10-28)17-5-6-21-22(12-17)31-15-30-21/h1-6,11-12H,7-10,14-15,26H2. The van der Waals surface area contributed by atoms with Crippen LogP contribution in [0.4, 0.5) is 17.2 Å². The fourth-order valence-corrected chi connectivity index (χ4v) is 4.42. The molecular formula is C23H22ClN5O2. The number of halogens is 1. The van der Waals surface area contributed by atoms with Crippen LogP contribution in [0.2, 0.25) is 5.02 Å². The second-order valence-electron chi connectivity index (χ2n) is 7.61. The van der Waals surface area contributed by atoms with E-state index in [1.54, 1.807) is 6.07 Å². The Morgan fingerprint density at radius 2 is 1.71 bits per heavy atom. The van der Waals surface area contributed by atoms with E-state index >= 15 is 0 Å². The number of hydrogen-bond acceptors (Lipinski definition) is 6. The van der Waals surface area contributed by atoms with Gasteiger partial charge in [-0.15, -0.1) is 0 Å². The van der Waals surface area contributed by atoms with Gasteiger partial charge in [0, 0.05) is 43.0 Å². The largest absolute Gasteiger partial charge is 0.454 e. The van der Waals surface area contributed by atoms with Crippen molar-refractivity contribution in [2.45, 2.75) is 6.54 Å². The van der Waals surface area contributed by atoms with Crippen molar-refractivity contribution in [2.24, 2.45) is 0 Å². The molecule has 1 fully saturated rings. The monoisotopic (exact) mass is 435 g/mol. The number of anilines is 3. The van der Waals surface area contributed by atoms with Crippen molar-refractivity contribution in [1.82, 2.24) is 4.57 Å². The Morgan fingerprint density at radius 3 is 2.48 bits per heavy atom.